The highest BCUT2D eigenvalue weighted by molar-refractivity contribution is 6.28. The van der Waals surface area contributed by atoms with E-state index in [1.54, 1.807) is 0 Å². The van der Waals surface area contributed by atoms with Gasteiger partial charge < -0.3 is 19.8 Å². The molecule has 0 radical (unpaired) electrons. The largest absolute Gasteiger partial charge is 0.465 e. The molecule has 5 rings (SSSR count). The molecule has 0 bridgehead atoms. The Kier molecular flexibility index (Phi) is 5.88. The molecule has 8 nitrogen and oxygen atoms in total. The van der Waals surface area contributed by atoms with Crippen LogP contribution < -0.4 is 9.80 Å². The van der Waals surface area contributed by atoms with Gasteiger partial charge in [0, 0.05) is 42.3 Å². The molecule has 1 saturated heterocycles. The smallest absolute Gasteiger partial charge is 0.407 e. The number of hydrogen-bond donors (Lipinski definition) is 1. The predicted molar refractivity (Wildman–Crippen MR) is 131 cm³/mol. The van der Waals surface area contributed by atoms with Crippen LogP contribution in [0.5, 0.6) is 0 Å². The number of rotatable bonds is 3. The maximum atomic E-state index is 11.7. The van der Waals surface area contributed by atoms with Crippen LogP contribution in [-0.4, -0.2) is 57.8 Å². The summed E-state index contributed by atoms with van der Waals surface area (Å²) in [7, 11) is 0. The summed E-state index contributed by atoms with van der Waals surface area (Å²) in [4.78, 5) is 26.7. The van der Waals surface area contributed by atoms with E-state index >= 15 is 0 Å². The minimum absolute atomic E-state index is 0.0998. The second kappa shape index (κ2) is 8.99. The first-order valence-electron chi connectivity index (χ1n) is 11.4. The number of anilines is 2. The van der Waals surface area contributed by atoms with Gasteiger partial charge in [0.05, 0.1) is 30.8 Å². The molecule has 2 atom stereocenters. The summed E-state index contributed by atoms with van der Waals surface area (Å²) in [5.74, 6) is 0.757. The zero-order valence-corrected chi connectivity index (χ0v) is 19.6. The van der Waals surface area contributed by atoms with Crippen molar-refractivity contribution >= 4 is 40.0 Å². The summed E-state index contributed by atoms with van der Waals surface area (Å²) in [6.45, 7) is 4.11. The number of nitrogens with zero attached hydrogens (tertiary/aromatic N) is 6. The van der Waals surface area contributed by atoms with Gasteiger partial charge in [-0.25, -0.2) is 14.8 Å². The lowest BCUT2D eigenvalue weighted by Gasteiger charge is -2.45. The molecule has 0 aliphatic carbocycles. The number of aromatic nitrogens is 2. The minimum Gasteiger partial charge on any atom is -0.465 e. The lowest BCUT2D eigenvalue weighted by Crippen LogP contribution is -2.59. The van der Waals surface area contributed by atoms with E-state index in [4.69, 9.17) is 11.6 Å². The van der Waals surface area contributed by atoms with Gasteiger partial charge in [0.25, 0.3) is 0 Å². The number of halogens is 1. The molecule has 0 unspecified atom stereocenters. The highest BCUT2D eigenvalue weighted by Crippen LogP contribution is 2.35. The number of amides is 1. The number of hydrogen-bond acceptors (Lipinski definition) is 6. The molecule has 1 N–H and O–H groups in total. The Morgan fingerprint density at radius 1 is 1.21 bits per heavy atom. The van der Waals surface area contributed by atoms with Crippen LogP contribution in [-0.2, 0) is 13.0 Å². The predicted octanol–water partition coefficient (Wildman–Crippen LogP) is 4.32. The first-order valence-corrected chi connectivity index (χ1v) is 11.7. The first kappa shape index (κ1) is 22.2. The van der Waals surface area contributed by atoms with E-state index in [2.05, 4.69) is 62.2 Å². The molecule has 0 saturated carbocycles. The van der Waals surface area contributed by atoms with Crippen LogP contribution in [0.4, 0.5) is 16.3 Å². The van der Waals surface area contributed by atoms with Gasteiger partial charge >= 0.3 is 6.09 Å². The Morgan fingerprint density at radius 2 is 2.00 bits per heavy atom. The second-order valence-corrected chi connectivity index (χ2v) is 9.20. The molecule has 9 heteroatoms. The van der Waals surface area contributed by atoms with Gasteiger partial charge in [0.15, 0.2) is 0 Å². The standard InChI is InChI=1S/C25H25ClN6O2/c1-16-13-32(25(33)34)18(9-11-27)14-31(16)23-20-10-12-30(15-21(20)28-24(26)29-23)22-8-4-6-17-5-2-3-7-19(17)22/h2-8,16,18H,9-10,12-15H2,1H3,(H,33,34)/t16-,18-/m0/s1. The van der Waals surface area contributed by atoms with Gasteiger partial charge in [-0.3, -0.25) is 0 Å². The van der Waals surface area contributed by atoms with Crippen molar-refractivity contribution in [1.82, 2.24) is 14.9 Å². The van der Waals surface area contributed by atoms with Crippen molar-refractivity contribution in [2.45, 2.75) is 38.4 Å². The summed E-state index contributed by atoms with van der Waals surface area (Å²) in [6, 6.07) is 16.3. The van der Waals surface area contributed by atoms with E-state index in [1.807, 2.05) is 13.0 Å². The number of piperazine rings is 1. The lowest BCUT2D eigenvalue weighted by molar-refractivity contribution is 0.110. The third-order valence-corrected chi connectivity index (χ3v) is 6.98. The van der Waals surface area contributed by atoms with Gasteiger partial charge in [-0.05, 0) is 36.4 Å². The van der Waals surface area contributed by atoms with Gasteiger partial charge in [0.2, 0.25) is 5.28 Å². The number of carboxylic acid groups (broad SMARTS) is 1. The summed E-state index contributed by atoms with van der Waals surface area (Å²) >= 11 is 6.39. The fourth-order valence-electron chi connectivity index (χ4n) is 5.16. The molecular weight excluding hydrogens is 452 g/mol. The quantitative estimate of drug-likeness (QED) is 0.562. The van der Waals surface area contributed by atoms with Crippen LogP contribution in [0.25, 0.3) is 10.8 Å². The normalized spacial score (nSPS) is 20.2. The van der Waals surface area contributed by atoms with E-state index in [9.17, 15) is 15.2 Å². The molecule has 1 aromatic heterocycles. The van der Waals surface area contributed by atoms with E-state index in [0.29, 0.717) is 19.6 Å². The second-order valence-electron chi connectivity index (χ2n) is 8.86. The monoisotopic (exact) mass is 476 g/mol. The molecule has 174 valence electrons. The molecular formula is C25H25ClN6O2. The number of fused-ring (bicyclic) bond motifs is 2. The maximum absolute atomic E-state index is 11.7. The Hall–Kier alpha value is -3.57. The fraction of sp³-hybridized carbons (Fsp3) is 0.360. The molecule has 2 aliphatic heterocycles. The van der Waals surface area contributed by atoms with Crippen LogP contribution in [0.3, 0.4) is 0 Å². The number of carbonyl (C=O) groups is 1. The highest BCUT2D eigenvalue weighted by atomic mass is 35.5. The lowest BCUT2D eigenvalue weighted by atomic mass is 10.00. The van der Waals surface area contributed by atoms with Gasteiger partial charge in [-0.1, -0.05) is 36.4 Å². The van der Waals surface area contributed by atoms with E-state index in [-0.39, 0.29) is 17.7 Å². The van der Waals surface area contributed by atoms with Crippen molar-refractivity contribution in [3.63, 3.8) is 0 Å². The van der Waals surface area contributed by atoms with Gasteiger partial charge in [-0.15, -0.1) is 0 Å². The van der Waals surface area contributed by atoms with Crippen LogP contribution in [0.1, 0.15) is 24.6 Å². The van der Waals surface area contributed by atoms with Gasteiger partial charge in [0.1, 0.15) is 5.82 Å². The molecule has 2 aliphatic rings. The Labute approximate surface area is 203 Å². The molecule has 34 heavy (non-hydrogen) atoms. The summed E-state index contributed by atoms with van der Waals surface area (Å²) < 4.78 is 0. The van der Waals surface area contributed by atoms with Crippen LogP contribution in [0, 0.1) is 11.3 Å². The van der Waals surface area contributed by atoms with Crippen LogP contribution in [0.15, 0.2) is 42.5 Å². The minimum atomic E-state index is -1.000. The zero-order valence-electron chi connectivity index (χ0n) is 18.9. The van der Waals surface area contributed by atoms with Crippen molar-refractivity contribution in [2.24, 2.45) is 0 Å². The Morgan fingerprint density at radius 3 is 2.79 bits per heavy atom. The Bertz CT molecular complexity index is 1290. The third-order valence-electron chi connectivity index (χ3n) is 6.81. The van der Waals surface area contributed by atoms with Gasteiger partial charge in [-0.2, -0.15) is 5.26 Å². The van der Waals surface area contributed by atoms with Crippen molar-refractivity contribution in [2.75, 3.05) is 29.4 Å². The average molecular weight is 477 g/mol. The third kappa shape index (κ3) is 3.97. The van der Waals surface area contributed by atoms with Crippen molar-refractivity contribution in [1.29, 1.82) is 5.26 Å². The van der Waals surface area contributed by atoms with E-state index in [0.717, 1.165) is 35.7 Å². The first-order chi connectivity index (χ1) is 16.5. The molecule has 2 aromatic carbocycles. The summed E-state index contributed by atoms with van der Waals surface area (Å²) in [5, 5.41) is 21.4. The SMILES string of the molecule is C[C@H]1CN(C(=O)O)[C@@H](CC#N)CN1c1nc(Cl)nc2c1CCN(c1cccc3ccccc13)C2. The summed E-state index contributed by atoms with van der Waals surface area (Å²) in [6.07, 6.45) is -0.120. The van der Waals surface area contributed by atoms with Crippen molar-refractivity contribution in [3.05, 3.63) is 59.0 Å². The zero-order chi connectivity index (χ0) is 23.8. The van der Waals surface area contributed by atoms with E-state index in [1.165, 1.54) is 15.7 Å². The number of nitriles is 1. The highest BCUT2D eigenvalue weighted by Gasteiger charge is 2.37. The number of benzene rings is 2. The van der Waals surface area contributed by atoms with Crippen molar-refractivity contribution < 1.29 is 9.90 Å². The fourth-order valence-corrected chi connectivity index (χ4v) is 5.34. The molecule has 1 amide bonds. The molecule has 3 heterocycles. The van der Waals surface area contributed by atoms with Crippen molar-refractivity contribution in [3.8, 4) is 6.07 Å². The maximum Gasteiger partial charge on any atom is 0.407 e. The topological polar surface area (TPSA) is 96.6 Å². The average Bonchev–Trinajstić information content (AvgIpc) is 2.83. The molecule has 3 aromatic rings. The van der Waals surface area contributed by atoms with Crippen LogP contribution >= 0.6 is 11.6 Å². The molecule has 0 spiro atoms. The van der Waals surface area contributed by atoms with E-state index < -0.39 is 12.1 Å². The Balaban J connectivity index is 1.48. The molecule has 1 fully saturated rings. The summed E-state index contributed by atoms with van der Waals surface area (Å²) in [5.41, 5.74) is 3.10. The van der Waals surface area contributed by atoms with Crippen LogP contribution in [0.2, 0.25) is 5.28 Å².